The van der Waals surface area contributed by atoms with Crippen molar-refractivity contribution in [1.29, 1.82) is 0 Å². The molecular formula is C16H22BrClN2O2. The van der Waals surface area contributed by atoms with Crippen molar-refractivity contribution in [2.45, 2.75) is 6.42 Å². The fourth-order valence-electron chi connectivity index (χ4n) is 2.59. The lowest BCUT2D eigenvalue weighted by Crippen LogP contribution is -2.28. The van der Waals surface area contributed by atoms with E-state index in [0.717, 1.165) is 41.8 Å². The topological polar surface area (TPSA) is 41.6 Å². The molecular weight excluding hydrogens is 368 g/mol. The SMILES string of the molecule is CNCC1CCN(C(=O)C=Cc2cc(Br)ccc2OC)C1.Cl. The summed E-state index contributed by atoms with van der Waals surface area (Å²) in [6.07, 6.45) is 4.52. The highest BCUT2D eigenvalue weighted by atomic mass is 79.9. The van der Waals surface area contributed by atoms with Crippen LogP contribution in [0.2, 0.25) is 0 Å². The van der Waals surface area contributed by atoms with Gasteiger partial charge in [-0.3, -0.25) is 4.79 Å². The number of ether oxygens (including phenoxy) is 1. The highest BCUT2D eigenvalue weighted by Crippen LogP contribution is 2.24. The van der Waals surface area contributed by atoms with Crippen LogP contribution in [0.4, 0.5) is 0 Å². The first kappa shape index (κ1) is 19.0. The van der Waals surface area contributed by atoms with Crippen LogP contribution in [0.5, 0.6) is 5.75 Å². The van der Waals surface area contributed by atoms with Crippen LogP contribution < -0.4 is 10.1 Å². The number of nitrogens with one attached hydrogen (secondary N) is 1. The molecule has 1 aromatic rings. The van der Waals surface area contributed by atoms with E-state index in [1.54, 1.807) is 13.2 Å². The van der Waals surface area contributed by atoms with E-state index in [1.807, 2.05) is 36.2 Å². The second-order valence-corrected chi connectivity index (χ2v) is 6.13. The van der Waals surface area contributed by atoms with Gasteiger partial charge in [-0.1, -0.05) is 15.9 Å². The predicted octanol–water partition coefficient (Wildman–Crippen LogP) is 2.96. The van der Waals surface area contributed by atoms with Crippen molar-refractivity contribution in [3.8, 4) is 5.75 Å². The van der Waals surface area contributed by atoms with E-state index < -0.39 is 0 Å². The number of rotatable bonds is 5. The summed E-state index contributed by atoms with van der Waals surface area (Å²) in [5.41, 5.74) is 0.895. The monoisotopic (exact) mass is 388 g/mol. The van der Waals surface area contributed by atoms with Gasteiger partial charge in [-0.2, -0.15) is 0 Å². The zero-order chi connectivity index (χ0) is 15.2. The number of carbonyl (C=O) groups is 1. The number of nitrogens with zero attached hydrogens (tertiary/aromatic N) is 1. The molecule has 1 amide bonds. The smallest absolute Gasteiger partial charge is 0.246 e. The van der Waals surface area contributed by atoms with Crippen LogP contribution in [-0.2, 0) is 4.79 Å². The molecule has 1 aliphatic rings. The fraction of sp³-hybridized carbons (Fsp3) is 0.438. The van der Waals surface area contributed by atoms with E-state index in [2.05, 4.69) is 21.2 Å². The average Bonchev–Trinajstić information content (AvgIpc) is 2.94. The second-order valence-electron chi connectivity index (χ2n) is 5.22. The van der Waals surface area contributed by atoms with Crippen LogP contribution in [0.25, 0.3) is 6.08 Å². The van der Waals surface area contributed by atoms with Gasteiger partial charge >= 0.3 is 0 Å². The van der Waals surface area contributed by atoms with Crippen LogP contribution in [0, 0.1) is 5.92 Å². The molecule has 122 valence electrons. The molecule has 2 rings (SSSR count). The first-order chi connectivity index (χ1) is 10.1. The molecule has 1 aromatic carbocycles. The summed E-state index contributed by atoms with van der Waals surface area (Å²) in [4.78, 5) is 14.1. The highest BCUT2D eigenvalue weighted by Gasteiger charge is 2.24. The number of halogens is 2. The van der Waals surface area contributed by atoms with Crippen molar-refractivity contribution in [3.05, 3.63) is 34.3 Å². The Hall–Kier alpha value is -1.04. The minimum Gasteiger partial charge on any atom is -0.496 e. The summed E-state index contributed by atoms with van der Waals surface area (Å²) in [7, 11) is 3.58. The Kier molecular flexibility index (Phi) is 7.93. The van der Waals surface area contributed by atoms with Gasteiger partial charge in [-0.15, -0.1) is 12.4 Å². The van der Waals surface area contributed by atoms with Gasteiger partial charge in [-0.25, -0.2) is 0 Å². The number of hydrogen-bond acceptors (Lipinski definition) is 3. The molecule has 1 saturated heterocycles. The Balaban J connectivity index is 0.00000242. The van der Waals surface area contributed by atoms with Crippen LogP contribution in [-0.4, -0.2) is 44.6 Å². The molecule has 4 nitrogen and oxygen atoms in total. The van der Waals surface area contributed by atoms with Gasteiger partial charge in [0.2, 0.25) is 5.91 Å². The number of benzene rings is 1. The molecule has 0 radical (unpaired) electrons. The van der Waals surface area contributed by atoms with E-state index >= 15 is 0 Å². The zero-order valence-corrected chi connectivity index (χ0v) is 15.2. The lowest BCUT2D eigenvalue weighted by Gasteiger charge is -2.14. The standard InChI is InChI=1S/C16H21BrN2O2.ClH/c1-18-10-12-7-8-19(11-12)16(20)6-3-13-9-14(17)4-5-15(13)21-2;/h3-6,9,12,18H,7-8,10-11H2,1-2H3;1H. The summed E-state index contributed by atoms with van der Waals surface area (Å²) in [5.74, 6) is 1.39. The van der Waals surface area contributed by atoms with Gasteiger partial charge in [-0.05, 0) is 50.2 Å². The fourth-order valence-corrected chi connectivity index (χ4v) is 2.97. The Morgan fingerprint density at radius 3 is 3.00 bits per heavy atom. The molecule has 1 N–H and O–H groups in total. The average molecular weight is 390 g/mol. The van der Waals surface area contributed by atoms with E-state index in [9.17, 15) is 4.79 Å². The first-order valence-corrected chi connectivity index (χ1v) is 7.88. The Morgan fingerprint density at radius 1 is 1.55 bits per heavy atom. The van der Waals surface area contributed by atoms with E-state index in [4.69, 9.17) is 4.74 Å². The van der Waals surface area contributed by atoms with Crippen molar-refractivity contribution >= 4 is 40.3 Å². The van der Waals surface area contributed by atoms with Crippen molar-refractivity contribution in [2.75, 3.05) is 33.8 Å². The molecule has 1 fully saturated rings. The van der Waals surface area contributed by atoms with Crippen molar-refractivity contribution < 1.29 is 9.53 Å². The van der Waals surface area contributed by atoms with Gasteiger partial charge in [0.1, 0.15) is 5.75 Å². The molecule has 22 heavy (non-hydrogen) atoms. The maximum Gasteiger partial charge on any atom is 0.246 e. The van der Waals surface area contributed by atoms with Crippen molar-refractivity contribution in [1.82, 2.24) is 10.2 Å². The lowest BCUT2D eigenvalue weighted by molar-refractivity contribution is -0.125. The third-order valence-corrected chi connectivity index (χ3v) is 4.18. The van der Waals surface area contributed by atoms with Crippen LogP contribution >= 0.6 is 28.3 Å². The number of methoxy groups -OCH3 is 1. The summed E-state index contributed by atoms with van der Waals surface area (Å²) >= 11 is 3.43. The normalized spacial score (nSPS) is 17.6. The van der Waals surface area contributed by atoms with Gasteiger partial charge in [0.15, 0.2) is 0 Å². The molecule has 1 aliphatic heterocycles. The lowest BCUT2D eigenvalue weighted by atomic mass is 10.1. The Bertz CT molecular complexity index is 537. The summed E-state index contributed by atoms with van der Waals surface area (Å²) in [5, 5.41) is 3.17. The maximum atomic E-state index is 12.2. The molecule has 0 aromatic heterocycles. The van der Waals surface area contributed by atoms with Crippen LogP contribution in [0.1, 0.15) is 12.0 Å². The van der Waals surface area contributed by atoms with E-state index in [1.165, 1.54) is 0 Å². The third kappa shape index (κ3) is 5.00. The van der Waals surface area contributed by atoms with Crippen molar-refractivity contribution in [2.24, 2.45) is 5.92 Å². The highest BCUT2D eigenvalue weighted by molar-refractivity contribution is 9.10. The maximum absolute atomic E-state index is 12.2. The minimum atomic E-state index is 0. The zero-order valence-electron chi connectivity index (χ0n) is 12.8. The van der Waals surface area contributed by atoms with E-state index in [0.29, 0.717) is 5.92 Å². The predicted molar refractivity (Wildman–Crippen MR) is 95.6 cm³/mol. The van der Waals surface area contributed by atoms with E-state index in [-0.39, 0.29) is 18.3 Å². The van der Waals surface area contributed by atoms with Gasteiger partial charge in [0.05, 0.1) is 7.11 Å². The molecule has 0 spiro atoms. The van der Waals surface area contributed by atoms with Gasteiger partial charge in [0.25, 0.3) is 0 Å². The largest absolute Gasteiger partial charge is 0.496 e. The number of hydrogen-bond donors (Lipinski definition) is 1. The molecule has 1 unspecified atom stereocenters. The van der Waals surface area contributed by atoms with Gasteiger partial charge < -0.3 is 15.0 Å². The number of amides is 1. The van der Waals surface area contributed by atoms with Gasteiger partial charge in [0, 0.05) is 29.2 Å². The summed E-state index contributed by atoms with van der Waals surface area (Å²) < 4.78 is 6.27. The summed E-state index contributed by atoms with van der Waals surface area (Å²) in [6.45, 7) is 2.64. The number of likely N-dealkylation sites (tertiary alicyclic amines) is 1. The molecule has 0 aliphatic carbocycles. The Morgan fingerprint density at radius 2 is 2.32 bits per heavy atom. The Labute approximate surface area is 146 Å². The molecule has 1 atom stereocenters. The third-order valence-electron chi connectivity index (χ3n) is 3.69. The van der Waals surface area contributed by atoms with Crippen LogP contribution in [0.15, 0.2) is 28.7 Å². The molecule has 0 saturated carbocycles. The quantitative estimate of drug-likeness (QED) is 0.787. The summed E-state index contributed by atoms with van der Waals surface area (Å²) in [6, 6.07) is 5.74. The first-order valence-electron chi connectivity index (χ1n) is 7.09. The van der Waals surface area contributed by atoms with Crippen LogP contribution in [0.3, 0.4) is 0 Å². The second kappa shape index (κ2) is 9.18. The van der Waals surface area contributed by atoms with Crippen molar-refractivity contribution in [3.63, 3.8) is 0 Å². The molecule has 1 heterocycles. The molecule has 6 heteroatoms. The minimum absolute atomic E-state index is 0. The number of carbonyl (C=O) groups excluding carboxylic acids is 1. The molecule has 0 bridgehead atoms.